The Bertz CT molecular complexity index is 1010. The normalized spacial score (nSPS) is 14.1. The number of nitrogens with zero attached hydrogens (tertiary/aromatic N) is 2. The first-order valence-corrected chi connectivity index (χ1v) is 9.19. The summed E-state index contributed by atoms with van der Waals surface area (Å²) in [6, 6.07) is 10.2. The summed E-state index contributed by atoms with van der Waals surface area (Å²) in [4.78, 5) is 49.8. The van der Waals surface area contributed by atoms with Crippen LogP contribution in [0.1, 0.15) is 28.4 Å². The van der Waals surface area contributed by atoms with Crippen molar-refractivity contribution in [2.24, 2.45) is 0 Å². The summed E-state index contributed by atoms with van der Waals surface area (Å²) in [6.45, 7) is 0.786. The second-order valence-electron chi connectivity index (χ2n) is 6.02. The third-order valence-corrected chi connectivity index (χ3v) is 4.95. The molecule has 0 saturated heterocycles. The lowest BCUT2D eigenvalue weighted by atomic mass is 9.98. The van der Waals surface area contributed by atoms with Crippen LogP contribution in [0.5, 0.6) is 0 Å². The number of carbonyl (C=O) groups is 4. The summed E-state index contributed by atoms with van der Waals surface area (Å²) in [5.74, 6) is -2.57. The molecule has 0 fully saturated rings. The number of benzene rings is 1. The van der Waals surface area contributed by atoms with Gasteiger partial charge in [0.2, 0.25) is 5.91 Å². The van der Waals surface area contributed by atoms with Crippen molar-refractivity contribution in [1.29, 1.82) is 5.26 Å². The Morgan fingerprint density at radius 2 is 2.07 bits per heavy atom. The summed E-state index contributed by atoms with van der Waals surface area (Å²) >= 11 is 1.17. The second-order valence-corrected chi connectivity index (χ2v) is 6.93. The predicted octanol–water partition coefficient (Wildman–Crippen LogP) is 1.72. The van der Waals surface area contributed by atoms with E-state index in [4.69, 9.17) is 10.00 Å². The molecule has 8 nitrogen and oxygen atoms in total. The summed E-state index contributed by atoms with van der Waals surface area (Å²) in [6.07, 6.45) is -1.15. The zero-order valence-electron chi connectivity index (χ0n) is 14.8. The van der Waals surface area contributed by atoms with Crippen molar-refractivity contribution in [3.05, 3.63) is 52.4 Å². The van der Waals surface area contributed by atoms with Crippen molar-refractivity contribution in [2.45, 2.75) is 19.4 Å². The average molecular weight is 397 g/mol. The van der Waals surface area contributed by atoms with Gasteiger partial charge in [0.25, 0.3) is 11.8 Å². The molecule has 3 rings (SSSR count). The van der Waals surface area contributed by atoms with Crippen LogP contribution in [0.3, 0.4) is 0 Å². The number of esters is 1. The first-order valence-electron chi connectivity index (χ1n) is 8.31. The lowest BCUT2D eigenvalue weighted by Crippen LogP contribution is -2.46. The summed E-state index contributed by atoms with van der Waals surface area (Å²) in [5, 5.41) is 13.5. The minimum absolute atomic E-state index is 0.0144. The number of ether oxygens (including phenoxy) is 1. The van der Waals surface area contributed by atoms with E-state index in [9.17, 15) is 19.2 Å². The number of thiophene rings is 1. The Hall–Kier alpha value is -3.51. The van der Waals surface area contributed by atoms with Crippen molar-refractivity contribution in [3.63, 3.8) is 0 Å². The van der Waals surface area contributed by atoms with E-state index in [1.807, 2.05) is 6.07 Å². The molecule has 3 amide bonds. The molecule has 9 heteroatoms. The Morgan fingerprint density at radius 1 is 1.32 bits per heavy atom. The van der Waals surface area contributed by atoms with E-state index in [1.165, 1.54) is 18.3 Å². The molecular weight excluding hydrogens is 382 g/mol. The van der Waals surface area contributed by atoms with E-state index in [2.05, 4.69) is 5.32 Å². The SMILES string of the molecule is C[C@@H](OC(=O)CN1C(=O)Cc2ccccc2C1=O)C(=O)Nc1sccc1C#N. The van der Waals surface area contributed by atoms with Crippen molar-refractivity contribution >= 4 is 40.0 Å². The lowest BCUT2D eigenvalue weighted by molar-refractivity contribution is -0.155. The van der Waals surface area contributed by atoms with E-state index in [-0.39, 0.29) is 6.42 Å². The Kier molecular flexibility index (Phi) is 5.52. The van der Waals surface area contributed by atoms with E-state index in [0.29, 0.717) is 21.7 Å². The first kappa shape index (κ1) is 19.3. The van der Waals surface area contributed by atoms with Gasteiger partial charge in [-0.05, 0) is 30.0 Å². The molecule has 142 valence electrons. The molecule has 1 aromatic carbocycles. The fraction of sp³-hybridized carbons (Fsp3) is 0.211. The third-order valence-electron chi connectivity index (χ3n) is 4.12. The minimum atomic E-state index is -1.16. The largest absolute Gasteiger partial charge is 0.451 e. The molecule has 0 aliphatic carbocycles. The molecule has 1 aliphatic rings. The van der Waals surface area contributed by atoms with E-state index in [1.54, 1.807) is 35.7 Å². The van der Waals surface area contributed by atoms with Crippen LogP contribution in [0, 0.1) is 11.3 Å². The maximum absolute atomic E-state index is 12.5. The second kappa shape index (κ2) is 8.02. The van der Waals surface area contributed by atoms with Gasteiger partial charge in [0.1, 0.15) is 17.6 Å². The predicted molar refractivity (Wildman–Crippen MR) is 99.4 cm³/mol. The number of fused-ring (bicyclic) bond motifs is 1. The molecule has 1 aliphatic heterocycles. The monoisotopic (exact) mass is 397 g/mol. The number of hydrogen-bond acceptors (Lipinski definition) is 7. The number of anilines is 1. The highest BCUT2D eigenvalue weighted by Crippen LogP contribution is 2.23. The maximum atomic E-state index is 12.5. The van der Waals surface area contributed by atoms with Crippen LogP contribution in [0.4, 0.5) is 5.00 Å². The van der Waals surface area contributed by atoms with Gasteiger partial charge in [0.15, 0.2) is 6.10 Å². The van der Waals surface area contributed by atoms with E-state index >= 15 is 0 Å². The van der Waals surface area contributed by atoms with Crippen LogP contribution in [-0.4, -0.2) is 41.2 Å². The molecule has 0 unspecified atom stereocenters. The number of rotatable bonds is 5. The molecular formula is C19H15N3O5S. The van der Waals surface area contributed by atoms with Crippen molar-refractivity contribution < 1.29 is 23.9 Å². The maximum Gasteiger partial charge on any atom is 0.326 e. The molecule has 1 atom stereocenters. The fourth-order valence-corrected chi connectivity index (χ4v) is 3.43. The molecule has 0 spiro atoms. The molecule has 0 radical (unpaired) electrons. The van der Waals surface area contributed by atoms with Gasteiger partial charge in [-0.1, -0.05) is 18.2 Å². The van der Waals surface area contributed by atoms with Gasteiger partial charge in [-0.3, -0.25) is 24.1 Å². The van der Waals surface area contributed by atoms with Crippen LogP contribution in [0.25, 0.3) is 0 Å². The van der Waals surface area contributed by atoms with Crippen LogP contribution >= 0.6 is 11.3 Å². The van der Waals surface area contributed by atoms with Gasteiger partial charge in [0, 0.05) is 5.56 Å². The quantitative estimate of drug-likeness (QED) is 0.606. The van der Waals surface area contributed by atoms with E-state index < -0.39 is 36.3 Å². The smallest absolute Gasteiger partial charge is 0.326 e. The van der Waals surface area contributed by atoms with Crippen LogP contribution in [-0.2, 0) is 25.5 Å². The highest BCUT2D eigenvalue weighted by Gasteiger charge is 2.33. The zero-order valence-corrected chi connectivity index (χ0v) is 15.6. The van der Waals surface area contributed by atoms with Gasteiger partial charge in [0.05, 0.1) is 12.0 Å². The molecule has 2 heterocycles. The van der Waals surface area contributed by atoms with Gasteiger partial charge in [-0.25, -0.2) is 0 Å². The van der Waals surface area contributed by atoms with Crippen molar-refractivity contribution in [1.82, 2.24) is 4.90 Å². The number of nitriles is 1. The molecule has 0 saturated carbocycles. The van der Waals surface area contributed by atoms with Gasteiger partial charge < -0.3 is 10.1 Å². The van der Waals surface area contributed by atoms with Crippen molar-refractivity contribution in [2.75, 3.05) is 11.9 Å². The molecule has 0 bridgehead atoms. The van der Waals surface area contributed by atoms with Crippen molar-refractivity contribution in [3.8, 4) is 6.07 Å². The highest BCUT2D eigenvalue weighted by atomic mass is 32.1. The Balaban J connectivity index is 1.61. The van der Waals surface area contributed by atoms with Crippen LogP contribution < -0.4 is 5.32 Å². The number of imide groups is 1. The highest BCUT2D eigenvalue weighted by molar-refractivity contribution is 7.14. The number of nitrogens with one attached hydrogen (secondary N) is 1. The average Bonchev–Trinajstić information content (AvgIpc) is 3.12. The molecule has 1 N–H and O–H groups in total. The Morgan fingerprint density at radius 3 is 2.82 bits per heavy atom. The van der Waals surface area contributed by atoms with Gasteiger partial charge in [-0.15, -0.1) is 11.3 Å². The van der Waals surface area contributed by atoms with Crippen LogP contribution in [0.15, 0.2) is 35.7 Å². The zero-order chi connectivity index (χ0) is 20.3. The number of hydrogen-bond donors (Lipinski definition) is 1. The topological polar surface area (TPSA) is 117 Å². The minimum Gasteiger partial charge on any atom is -0.451 e. The molecule has 1 aromatic heterocycles. The molecule has 28 heavy (non-hydrogen) atoms. The third kappa shape index (κ3) is 3.92. The van der Waals surface area contributed by atoms with Crippen LogP contribution in [0.2, 0.25) is 0 Å². The summed E-state index contributed by atoms with van der Waals surface area (Å²) in [7, 11) is 0. The number of amides is 3. The number of carbonyl (C=O) groups excluding carboxylic acids is 4. The van der Waals surface area contributed by atoms with Gasteiger partial charge >= 0.3 is 5.97 Å². The van der Waals surface area contributed by atoms with E-state index in [0.717, 1.165) is 4.90 Å². The van der Waals surface area contributed by atoms with Gasteiger partial charge in [-0.2, -0.15) is 5.26 Å². The summed E-state index contributed by atoms with van der Waals surface area (Å²) in [5.41, 5.74) is 1.28. The first-order chi connectivity index (χ1) is 13.4. The Labute approximate surface area is 164 Å². The lowest BCUT2D eigenvalue weighted by Gasteiger charge is -2.26. The summed E-state index contributed by atoms with van der Waals surface area (Å²) < 4.78 is 5.05. The fourth-order valence-electron chi connectivity index (χ4n) is 2.68. The standard InChI is InChI=1S/C19H15N3O5S/c1-11(17(25)21-18-13(9-20)6-7-28-18)27-16(24)10-22-15(23)8-12-4-2-3-5-14(12)19(22)26/h2-7,11H,8,10H2,1H3,(H,21,25)/t11-/m1/s1. The molecule has 2 aromatic rings.